The first-order chi connectivity index (χ1) is 8.04. The number of unbranched alkanes of at least 4 members (excludes halogenated alkanes) is 6. The third kappa shape index (κ3) is 29.7. The molecule has 0 saturated heterocycles. The molecule has 0 aliphatic rings. The Hall–Kier alpha value is -0.100. The Kier molecular flexibility index (Phi) is 24.6. The SMILES string of the molecule is CCCCCCCCCC(=O)[O-].NCC(=O)O.[Na+]. The van der Waals surface area contributed by atoms with Gasteiger partial charge in [0.25, 0.3) is 0 Å². The van der Waals surface area contributed by atoms with Crippen LogP contribution in [-0.2, 0) is 9.59 Å². The van der Waals surface area contributed by atoms with Gasteiger partial charge in [-0.25, -0.2) is 0 Å². The zero-order valence-corrected chi connectivity index (χ0v) is 13.6. The molecule has 0 aromatic heterocycles. The van der Waals surface area contributed by atoms with Crippen LogP contribution in [0, 0.1) is 0 Å². The van der Waals surface area contributed by atoms with Gasteiger partial charge < -0.3 is 20.7 Å². The van der Waals surface area contributed by atoms with Gasteiger partial charge in [0.2, 0.25) is 0 Å². The van der Waals surface area contributed by atoms with Crippen LogP contribution in [0.4, 0.5) is 0 Å². The number of aliphatic carboxylic acids is 2. The van der Waals surface area contributed by atoms with Gasteiger partial charge in [-0.2, -0.15) is 0 Å². The van der Waals surface area contributed by atoms with Crippen LogP contribution >= 0.6 is 0 Å². The van der Waals surface area contributed by atoms with E-state index >= 15 is 0 Å². The predicted molar refractivity (Wildman–Crippen MR) is 64.3 cm³/mol. The van der Waals surface area contributed by atoms with Gasteiger partial charge in [-0.3, -0.25) is 4.79 Å². The summed E-state index contributed by atoms with van der Waals surface area (Å²) in [6, 6.07) is 0. The number of hydrogen-bond acceptors (Lipinski definition) is 4. The first kappa shape index (κ1) is 23.0. The Bertz CT molecular complexity index is 201. The van der Waals surface area contributed by atoms with Gasteiger partial charge in [-0.15, -0.1) is 0 Å². The molecule has 0 rings (SSSR count). The molecule has 3 N–H and O–H groups in total. The van der Waals surface area contributed by atoms with Crippen molar-refractivity contribution in [3.8, 4) is 0 Å². The fourth-order valence-corrected chi connectivity index (χ4v) is 1.23. The molecule has 0 aromatic carbocycles. The molecule has 0 heterocycles. The molecular formula is C12H24NNaO4. The molecular weight excluding hydrogens is 245 g/mol. The van der Waals surface area contributed by atoms with E-state index in [1.807, 2.05) is 0 Å². The average molecular weight is 269 g/mol. The van der Waals surface area contributed by atoms with Gasteiger partial charge in [-0.1, -0.05) is 45.4 Å². The van der Waals surface area contributed by atoms with Crippen LogP contribution in [0.25, 0.3) is 0 Å². The van der Waals surface area contributed by atoms with Gasteiger partial charge >= 0.3 is 35.5 Å². The number of carboxylic acid groups (broad SMARTS) is 2. The number of carboxylic acids is 2. The summed E-state index contributed by atoms with van der Waals surface area (Å²) in [5, 5.41) is 17.6. The van der Waals surface area contributed by atoms with Crippen molar-refractivity contribution < 1.29 is 49.4 Å². The minimum atomic E-state index is -0.968. The van der Waals surface area contributed by atoms with E-state index in [0.29, 0.717) is 0 Å². The first-order valence-corrected chi connectivity index (χ1v) is 6.16. The summed E-state index contributed by atoms with van der Waals surface area (Å²) in [5.74, 6) is -1.88. The van der Waals surface area contributed by atoms with Crippen LogP contribution in [0.1, 0.15) is 58.3 Å². The van der Waals surface area contributed by atoms with Crippen molar-refractivity contribution in [2.45, 2.75) is 58.3 Å². The maximum atomic E-state index is 10.0. The normalized spacial score (nSPS) is 8.78. The molecule has 0 unspecified atom stereocenters. The van der Waals surface area contributed by atoms with Crippen molar-refractivity contribution in [2.75, 3.05) is 6.54 Å². The minimum absolute atomic E-state index is 0. The van der Waals surface area contributed by atoms with Gasteiger partial charge in [0.1, 0.15) is 0 Å². The van der Waals surface area contributed by atoms with Gasteiger partial charge in [-0.05, 0) is 12.8 Å². The zero-order chi connectivity index (χ0) is 13.5. The quantitative estimate of drug-likeness (QED) is 0.369. The zero-order valence-electron chi connectivity index (χ0n) is 11.6. The monoisotopic (exact) mass is 269 g/mol. The second kappa shape index (κ2) is 19.2. The molecule has 0 aliphatic heterocycles. The van der Waals surface area contributed by atoms with Crippen molar-refractivity contribution in [3.05, 3.63) is 0 Å². The maximum Gasteiger partial charge on any atom is 1.00 e. The van der Waals surface area contributed by atoms with Crippen LogP contribution in [0.5, 0.6) is 0 Å². The minimum Gasteiger partial charge on any atom is -0.550 e. The molecule has 102 valence electrons. The fraction of sp³-hybridized carbons (Fsp3) is 0.833. The van der Waals surface area contributed by atoms with Crippen molar-refractivity contribution in [2.24, 2.45) is 5.73 Å². The van der Waals surface area contributed by atoms with Gasteiger partial charge in [0.15, 0.2) is 0 Å². The van der Waals surface area contributed by atoms with E-state index in [4.69, 9.17) is 5.11 Å². The Labute approximate surface area is 131 Å². The van der Waals surface area contributed by atoms with E-state index in [0.717, 1.165) is 12.8 Å². The maximum absolute atomic E-state index is 10.0. The van der Waals surface area contributed by atoms with Crippen molar-refractivity contribution in [1.82, 2.24) is 0 Å². The van der Waals surface area contributed by atoms with Crippen molar-refractivity contribution in [3.63, 3.8) is 0 Å². The van der Waals surface area contributed by atoms with E-state index in [1.165, 1.54) is 32.1 Å². The number of carbonyl (C=O) groups excluding carboxylic acids is 1. The van der Waals surface area contributed by atoms with Gasteiger partial charge in [0.05, 0.1) is 6.54 Å². The predicted octanol–water partition coefficient (Wildman–Crippen LogP) is -2.09. The molecule has 0 bridgehead atoms. The molecule has 0 amide bonds. The third-order valence-electron chi connectivity index (χ3n) is 2.16. The fourth-order valence-electron chi connectivity index (χ4n) is 1.23. The number of hydrogen-bond donors (Lipinski definition) is 2. The molecule has 0 fully saturated rings. The van der Waals surface area contributed by atoms with Crippen LogP contribution in [0.15, 0.2) is 0 Å². The van der Waals surface area contributed by atoms with Crippen molar-refractivity contribution >= 4 is 11.9 Å². The van der Waals surface area contributed by atoms with E-state index in [1.54, 1.807) is 0 Å². The Morgan fingerprint density at radius 2 is 1.44 bits per heavy atom. The molecule has 5 nitrogen and oxygen atoms in total. The summed E-state index contributed by atoms with van der Waals surface area (Å²) in [6.45, 7) is 1.91. The second-order valence-electron chi connectivity index (χ2n) is 3.84. The summed E-state index contributed by atoms with van der Waals surface area (Å²) in [6.07, 6.45) is 8.34. The summed E-state index contributed by atoms with van der Waals surface area (Å²) >= 11 is 0. The standard InChI is InChI=1S/C10H20O2.C2H5NO2.Na/c1-2-3-4-5-6-7-8-9-10(11)12;3-1-2(4)5;/h2-9H2,1H3,(H,11,12);1,3H2,(H,4,5);/q;;+1/p-1. The van der Waals surface area contributed by atoms with E-state index in [2.05, 4.69) is 12.7 Å². The molecule has 0 saturated carbocycles. The summed E-state index contributed by atoms with van der Waals surface area (Å²) in [4.78, 5) is 19.3. The largest absolute Gasteiger partial charge is 1.00 e. The molecule has 0 radical (unpaired) electrons. The van der Waals surface area contributed by atoms with Crippen molar-refractivity contribution in [1.29, 1.82) is 0 Å². The third-order valence-corrected chi connectivity index (χ3v) is 2.16. The smallest absolute Gasteiger partial charge is 0.550 e. The van der Waals surface area contributed by atoms with Gasteiger partial charge in [0, 0.05) is 5.97 Å². The van der Waals surface area contributed by atoms with E-state index in [9.17, 15) is 14.7 Å². The molecule has 18 heavy (non-hydrogen) atoms. The second-order valence-corrected chi connectivity index (χ2v) is 3.84. The number of nitrogens with two attached hydrogens (primary N) is 1. The van der Waals surface area contributed by atoms with Crippen LogP contribution < -0.4 is 40.4 Å². The Balaban J connectivity index is -0.000000321. The summed E-state index contributed by atoms with van der Waals surface area (Å²) < 4.78 is 0. The summed E-state index contributed by atoms with van der Waals surface area (Å²) in [5.41, 5.74) is 4.57. The van der Waals surface area contributed by atoms with Crippen LogP contribution in [-0.4, -0.2) is 23.6 Å². The topological polar surface area (TPSA) is 103 Å². The number of carbonyl (C=O) groups is 2. The Morgan fingerprint density at radius 1 is 1.06 bits per heavy atom. The van der Waals surface area contributed by atoms with Crippen LogP contribution in [0.2, 0.25) is 0 Å². The van der Waals surface area contributed by atoms with E-state index < -0.39 is 11.9 Å². The molecule has 0 aromatic rings. The van der Waals surface area contributed by atoms with Crippen LogP contribution in [0.3, 0.4) is 0 Å². The summed E-state index contributed by atoms with van der Waals surface area (Å²) in [7, 11) is 0. The first-order valence-electron chi connectivity index (χ1n) is 6.16. The Morgan fingerprint density at radius 3 is 1.78 bits per heavy atom. The molecule has 0 spiro atoms. The molecule has 0 atom stereocenters. The average Bonchev–Trinajstić information content (AvgIpc) is 2.28. The number of rotatable bonds is 9. The molecule has 0 aliphatic carbocycles. The molecule has 6 heteroatoms. The van der Waals surface area contributed by atoms with E-state index in [-0.39, 0.29) is 42.5 Å².